The third kappa shape index (κ3) is 16.6. The maximum atomic E-state index is 13.6. The molecule has 0 bridgehead atoms. The van der Waals surface area contributed by atoms with Crippen molar-refractivity contribution in [2.45, 2.75) is 129 Å². The molecule has 4 amide bonds. The summed E-state index contributed by atoms with van der Waals surface area (Å²) in [7, 11) is 1.21. The smallest absolute Gasteiger partial charge is 0.407 e. The minimum atomic E-state index is -1.14. The van der Waals surface area contributed by atoms with Crippen molar-refractivity contribution in [2.24, 2.45) is 17.6 Å². The predicted octanol–water partition coefficient (Wildman–Crippen LogP) is 1.45. The number of esters is 1. The summed E-state index contributed by atoms with van der Waals surface area (Å²) >= 11 is 0. The first-order valence-corrected chi connectivity index (χ1v) is 16.3. The number of hydrogen-bond donors (Lipinski definition) is 7. The quantitative estimate of drug-likeness (QED) is 0.0782. The molecule has 0 saturated heterocycles. The van der Waals surface area contributed by atoms with E-state index in [1.807, 2.05) is 20.8 Å². The average Bonchev–Trinajstić information content (AvgIpc) is 3.49. The van der Waals surface area contributed by atoms with E-state index >= 15 is 0 Å². The lowest BCUT2D eigenvalue weighted by molar-refractivity contribution is -0.145. The monoisotopic (exact) mass is 667 g/mol. The van der Waals surface area contributed by atoms with Gasteiger partial charge in [0.2, 0.25) is 17.7 Å². The molecular weight excluding hydrogens is 610 g/mol. The summed E-state index contributed by atoms with van der Waals surface area (Å²) in [4.78, 5) is 71.4. The SMILES string of the molecule is CC[C@H](C)[C@H](NC(=O)C[C@H](O)[C@@H](N)CC(C)C)C(=O)N[C@@H](Cc1cnc[nH]1)C(=O)N[C@@H](CCCCNC(=O)OC(C)(C)C)C(=O)OC. The van der Waals surface area contributed by atoms with Crippen LogP contribution < -0.4 is 27.0 Å². The van der Waals surface area contributed by atoms with Gasteiger partial charge in [-0.2, -0.15) is 0 Å². The molecule has 1 aromatic heterocycles. The van der Waals surface area contributed by atoms with Gasteiger partial charge < -0.3 is 46.6 Å². The molecular formula is C32H57N7O8. The third-order valence-electron chi connectivity index (χ3n) is 7.45. The van der Waals surface area contributed by atoms with Gasteiger partial charge in [-0.3, -0.25) is 14.4 Å². The molecule has 0 aliphatic heterocycles. The van der Waals surface area contributed by atoms with Gasteiger partial charge in [0.1, 0.15) is 23.7 Å². The Morgan fingerprint density at radius 3 is 2.23 bits per heavy atom. The first-order chi connectivity index (χ1) is 22.0. The summed E-state index contributed by atoms with van der Waals surface area (Å²) in [5.74, 6) is -2.52. The van der Waals surface area contributed by atoms with Gasteiger partial charge in [-0.1, -0.05) is 34.1 Å². The van der Waals surface area contributed by atoms with Crippen LogP contribution in [0.2, 0.25) is 0 Å². The van der Waals surface area contributed by atoms with E-state index in [4.69, 9.17) is 15.2 Å². The molecule has 15 heteroatoms. The molecule has 8 N–H and O–H groups in total. The van der Waals surface area contributed by atoms with Crippen molar-refractivity contribution in [1.82, 2.24) is 31.2 Å². The number of carbonyl (C=O) groups is 5. The van der Waals surface area contributed by atoms with Crippen LogP contribution in [-0.2, 0) is 35.1 Å². The van der Waals surface area contributed by atoms with Gasteiger partial charge in [0.05, 0.1) is 26.0 Å². The Hall–Kier alpha value is -3.72. The zero-order valence-corrected chi connectivity index (χ0v) is 29.2. The fourth-order valence-corrected chi connectivity index (χ4v) is 4.71. The molecule has 0 aliphatic rings. The number of amides is 4. The Bertz CT molecular complexity index is 1120. The molecule has 0 spiro atoms. The second-order valence-electron chi connectivity index (χ2n) is 13.3. The number of ether oxygens (including phenoxy) is 2. The van der Waals surface area contributed by atoms with E-state index < -0.39 is 65.7 Å². The molecule has 268 valence electrons. The molecule has 0 radical (unpaired) electrons. The number of aliphatic hydroxyl groups excluding tert-OH is 1. The second kappa shape index (κ2) is 20.5. The maximum absolute atomic E-state index is 13.6. The van der Waals surface area contributed by atoms with Gasteiger partial charge in [0.25, 0.3) is 0 Å². The number of hydrogen-bond acceptors (Lipinski definition) is 10. The van der Waals surface area contributed by atoms with E-state index in [2.05, 4.69) is 31.2 Å². The fourth-order valence-electron chi connectivity index (χ4n) is 4.71. The zero-order valence-electron chi connectivity index (χ0n) is 29.2. The molecule has 47 heavy (non-hydrogen) atoms. The van der Waals surface area contributed by atoms with Gasteiger partial charge in [-0.15, -0.1) is 0 Å². The number of aromatic nitrogens is 2. The molecule has 0 aliphatic carbocycles. The molecule has 15 nitrogen and oxygen atoms in total. The van der Waals surface area contributed by atoms with Gasteiger partial charge in [-0.05, 0) is 58.3 Å². The third-order valence-corrected chi connectivity index (χ3v) is 7.45. The molecule has 1 aromatic rings. The van der Waals surface area contributed by atoms with E-state index in [1.165, 1.54) is 19.6 Å². The minimum absolute atomic E-state index is 0.0230. The van der Waals surface area contributed by atoms with Crippen molar-refractivity contribution < 1.29 is 38.6 Å². The summed E-state index contributed by atoms with van der Waals surface area (Å²) < 4.78 is 10.1. The highest BCUT2D eigenvalue weighted by atomic mass is 16.6. The van der Waals surface area contributed by atoms with Crippen LogP contribution in [0.5, 0.6) is 0 Å². The van der Waals surface area contributed by atoms with E-state index in [9.17, 15) is 29.1 Å². The van der Waals surface area contributed by atoms with Gasteiger partial charge in [0.15, 0.2) is 0 Å². The van der Waals surface area contributed by atoms with Crippen LogP contribution in [0, 0.1) is 11.8 Å². The molecule has 0 aromatic carbocycles. The molecule has 0 fully saturated rings. The fraction of sp³-hybridized carbons (Fsp3) is 0.750. The van der Waals surface area contributed by atoms with Crippen molar-refractivity contribution in [3.05, 3.63) is 18.2 Å². The number of nitrogens with two attached hydrogens (primary N) is 1. The molecule has 6 atom stereocenters. The Kier molecular flexibility index (Phi) is 18.0. The number of rotatable bonds is 20. The van der Waals surface area contributed by atoms with Crippen molar-refractivity contribution in [2.75, 3.05) is 13.7 Å². The van der Waals surface area contributed by atoms with Gasteiger partial charge in [0, 0.05) is 30.9 Å². The van der Waals surface area contributed by atoms with Gasteiger partial charge >= 0.3 is 12.1 Å². The summed E-state index contributed by atoms with van der Waals surface area (Å²) in [6, 6.07) is -3.76. The van der Waals surface area contributed by atoms with Crippen LogP contribution in [0.1, 0.15) is 92.7 Å². The highest BCUT2D eigenvalue weighted by molar-refractivity contribution is 5.93. The lowest BCUT2D eigenvalue weighted by atomic mass is 9.95. The number of nitrogens with one attached hydrogen (secondary N) is 5. The molecule has 1 heterocycles. The molecule has 1 rings (SSSR count). The number of imidazole rings is 1. The normalized spacial score (nSPS) is 15.4. The number of methoxy groups -OCH3 is 1. The Labute approximate surface area is 278 Å². The summed E-state index contributed by atoms with van der Waals surface area (Å²) in [5.41, 5.74) is 5.97. The van der Waals surface area contributed by atoms with Crippen molar-refractivity contribution in [3.8, 4) is 0 Å². The minimum Gasteiger partial charge on any atom is -0.467 e. The first-order valence-electron chi connectivity index (χ1n) is 16.3. The van der Waals surface area contributed by atoms with E-state index in [-0.39, 0.29) is 31.1 Å². The van der Waals surface area contributed by atoms with E-state index in [0.29, 0.717) is 37.9 Å². The van der Waals surface area contributed by atoms with E-state index in [0.717, 1.165) is 0 Å². The maximum Gasteiger partial charge on any atom is 0.407 e. The van der Waals surface area contributed by atoms with Crippen LogP contribution in [0.4, 0.5) is 4.79 Å². The zero-order chi connectivity index (χ0) is 35.7. The second-order valence-corrected chi connectivity index (χ2v) is 13.3. The van der Waals surface area contributed by atoms with Crippen molar-refractivity contribution in [3.63, 3.8) is 0 Å². The predicted molar refractivity (Wildman–Crippen MR) is 176 cm³/mol. The number of aliphatic hydroxyl groups is 1. The largest absolute Gasteiger partial charge is 0.467 e. The number of nitrogens with zero attached hydrogens (tertiary/aromatic N) is 1. The summed E-state index contributed by atoms with van der Waals surface area (Å²) in [6.07, 6.45) is 3.31. The summed E-state index contributed by atoms with van der Waals surface area (Å²) in [5, 5.41) is 21.2. The van der Waals surface area contributed by atoms with Crippen LogP contribution in [0.15, 0.2) is 12.5 Å². The number of alkyl carbamates (subject to hydrolysis) is 1. The van der Waals surface area contributed by atoms with Crippen LogP contribution in [-0.4, -0.2) is 94.4 Å². The number of H-pyrrole nitrogens is 1. The van der Waals surface area contributed by atoms with Crippen molar-refractivity contribution >= 4 is 29.8 Å². The Morgan fingerprint density at radius 1 is 1.02 bits per heavy atom. The lowest BCUT2D eigenvalue weighted by Gasteiger charge is -2.28. The Morgan fingerprint density at radius 2 is 1.68 bits per heavy atom. The molecule has 0 saturated carbocycles. The highest BCUT2D eigenvalue weighted by Gasteiger charge is 2.33. The number of unbranched alkanes of at least 4 members (excludes halogenated alkanes) is 1. The van der Waals surface area contributed by atoms with E-state index in [1.54, 1.807) is 27.7 Å². The van der Waals surface area contributed by atoms with Crippen molar-refractivity contribution in [1.29, 1.82) is 0 Å². The molecule has 0 unspecified atom stereocenters. The average molecular weight is 668 g/mol. The van der Waals surface area contributed by atoms with Crippen LogP contribution in [0.25, 0.3) is 0 Å². The van der Waals surface area contributed by atoms with Crippen LogP contribution >= 0.6 is 0 Å². The summed E-state index contributed by atoms with van der Waals surface area (Å²) in [6.45, 7) is 13.2. The lowest BCUT2D eigenvalue weighted by Crippen LogP contribution is -2.58. The topological polar surface area (TPSA) is 227 Å². The van der Waals surface area contributed by atoms with Crippen LogP contribution in [0.3, 0.4) is 0 Å². The highest BCUT2D eigenvalue weighted by Crippen LogP contribution is 2.13. The number of aromatic amines is 1. The van der Waals surface area contributed by atoms with Gasteiger partial charge in [-0.25, -0.2) is 14.6 Å². The first kappa shape index (κ1) is 41.3. The number of carbonyl (C=O) groups excluding carboxylic acids is 5. The standard InChI is InChI=1S/C32H57N7O8/c1-9-20(4)27(39-26(41)16-25(40)22(33)14-19(2)3)29(43)38-24(15-21-17-34-18-36-21)28(42)37-23(30(44)46-8)12-10-11-13-35-31(45)47-32(5,6)7/h17-20,22-25,27,40H,9-16,33H2,1-8H3,(H,34,36)(H,35,45)(H,37,42)(H,38,43)(H,39,41)/t20-,22-,23-,24-,25-,27-/m0/s1. The Balaban J connectivity index is 2.98.